The summed E-state index contributed by atoms with van der Waals surface area (Å²) in [4.78, 5) is 33.7. The Hall–Kier alpha value is -1.89. The number of methoxy groups -OCH3 is 1. The molecule has 1 saturated carbocycles. The van der Waals surface area contributed by atoms with Crippen LogP contribution in [0.5, 0.6) is 0 Å². The van der Waals surface area contributed by atoms with Crippen molar-refractivity contribution in [1.82, 2.24) is 0 Å². The number of hydrogen-bond acceptors (Lipinski definition) is 6. The van der Waals surface area contributed by atoms with E-state index in [0.29, 0.717) is 6.08 Å². The molecule has 1 rings (SSSR count). The largest absolute Gasteiger partial charge is 0.478 e. The molecule has 0 saturated heterocycles. The summed E-state index contributed by atoms with van der Waals surface area (Å²) in [6, 6.07) is 0. The Morgan fingerprint density at radius 2 is 1.90 bits per heavy atom. The van der Waals surface area contributed by atoms with Crippen molar-refractivity contribution in [1.29, 1.82) is 0 Å². The van der Waals surface area contributed by atoms with Gasteiger partial charge in [-0.3, -0.25) is 0 Å². The first-order valence-corrected chi connectivity index (χ1v) is 6.84. The van der Waals surface area contributed by atoms with Gasteiger partial charge in [0.25, 0.3) is 0 Å². The smallest absolute Gasteiger partial charge is 0.347 e. The topological polar surface area (TPSA) is 99.1 Å². The lowest BCUT2D eigenvalue weighted by Gasteiger charge is -2.18. The van der Waals surface area contributed by atoms with E-state index in [-0.39, 0.29) is 19.1 Å². The fourth-order valence-electron chi connectivity index (χ4n) is 2.01. The van der Waals surface area contributed by atoms with Gasteiger partial charge in [0, 0.05) is 25.7 Å². The number of carboxylic acid groups (broad SMARTS) is 1. The second kappa shape index (κ2) is 9.12. The van der Waals surface area contributed by atoms with E-state index in [1.54, 1.807) is 0 Å². The molecule has 0 heterocycles. The number of aliphatic carboxylic acids is 1. The third-order valence-electron chi connectivity index (χ3n) is 3.05. The van der Waals surface area contributed by atoms with Crippen LogP contribution >= 0.6 is 0 Å². The molecule has 1 unspecified atom stereocenters. The summed E-state index contributed by atoms with van der Waals surface area (Å²) in [6.07, 6.45) is 4.01. The average Bonchev–Trinajstić information content (AvgIpc) is 2.93. The number of hydrogen-bond donors (Lipinski definition) is 1. The molecule has 0 aliphatic heterocycles. The quantitative estimate of drug-likeness (QED) is 0.528. The first-order valence-electron chi connectivity index (χ1n) is 6.84. The van der Waals surface area contributed by atoms with Crippen LogP contribution in [0.25, 0.3) is 0 Å². The van der Waals surface area contributed by atoms with Gasteiger partial charge in [-0.15, -0.1) is 0 Å². The van der Waals surface area contributed by atoms with Gasteiger partial charge in [0.2, 0.25) is 6.10 Å². The first kappa shape index (κ1) is 17.2. The first-order chi connectivity index (χ1) is 10.0. The SMILES string of the molecule is COCCC(OC(=O)/C=C/C(=O)O)C(=O)OC1CCCC1. The molecule has 7 nitrogen and oxygen atoms in total. The van der Waals surface area contributed by atoms with Crippen LogP contribution in [0, 0.1) is 0 Å². The van der Waals surface area contributed by atoms with E-state index in [1.807, 2.05) is 0 Å². The minimum atomic E-state index is -1.27. The highest BCUT2D eigenvalue weighted by Gasteiger charge is 2.27. The highest BCUT2D eigenvalue weighted by Crippen LogP contribution is 2.22. The minimum absolute atomic E-state index is 0.129. The lowest BCUT2D eigenvalue weighted by atomic mass is 10.2. The minimum Gasteiger partial charge on any atom is -0.478 e. The van der Waals surface area contributed by atoms with Crippen LogP contribution in [-0.4, -0.2) is 48.9 Å². The molecule has 0 aromatic heterocycles. The fraction of sp³-hybridized carbons (Fsp3) is 0.643. The molecule has 7 heteroatoms. The van der Waals surface area contributed by atoms with Gasteiger partial charge in [-0.25, -0.2) is 14.4 Å². The van der Waals surface area contributed by atoms with Gasteiger partial charge in [-0.05, 0) is 25.7 Å². The Morgan fingerprint density at radius 3 is 2.48 bits per heavy atom. The summed E-state index contributed by atoms with van der Waals surface area (Å²) in [5.41, 5.74) is 0. The van der Waals surface area contributed by atoms with Gasteiger partial charge in [-0.1, -0.05) is 0 Å². The molecule has 1 aliphatic rings. The van der Waals surface area contributed by atoms with E-state index < -0.39 is 24.0 Å². The van der Waals surface area contributed by atoms with E-state index in [1.165, 1.54) is 7.11 Å². The van der Waals surface area contributed by atoms with Crippen molar-refractivity contribution in [3.8, 4) is 0 Å². The molecule has 1 fully saturated rings. The molecule has 118 valence electrons. The molecule has 1 atom stereocenters. The highest BCUT2D eigenvalue weighted by molar-refractivity contribution is 5.92. The summed E-state index contributed by atoms with van der Waals surface area (Å²) in [7, 11) is 1.46. The standard InChI is InChI=1S/C14H20O7/c1-19-9-8-11(21-13(17)7-6-12(15)16)14(18)20-10-4-2-3-5-10/h6-7,10-11H,2-5,8-9H2,1H3,(H,15,16)/b7-6+. The van der Waals surface area contributed by atoms with Crippen molar-refractivity contribution in [3.05, 3.63) is 12.2 Å². The van der Waals surface area contributed by atoms with Crippen LogP contribution in [0.15, 0.2) is 12.2 Å². The number of carboxylic acids is 1. The zero-order valence-electron chi connectivity index (χ0n) is 11.9. The summed E-state index contributed by atoms with van der Waals surface area (Å²) in [5.74, 6) is -2.79. The maximum Gasteiger partial charge on any atom is 0.347 e. The Morgan fingerprint density at radius 1 is 1.24 bits per heavy atom. The molecule has 0 aromatic carbocycles. The van der Waals surface area contributed by atoms with Crippen molar-refractivity contribution in [2.24, 2.45) is 0 Å². The van der Waals surface area contributed by atoms with E-state index in [2.05, 4.69) is 0 Å². The molecule has 0 aromatic rings. The Labute approximate surface area is 122 Å². The lowest BCUT2D eigenvalue weighted by Crippen LogP contribution is -2.32. The summed E-state index contributed by atoms with van der Waals surface area (Å²) >= 11 is 0. The van der Waals surface area contributed by atoms with Crippen molar-refractivity contribution in [2.45, 2.75) is 44.3 Å². The van der Waals surface area contributed by atoms with Crippen molar-refractivity contribution >= 4 is 17.9 Å². The monoisotopic (exact) mass is 300 g/mol. The number of carbonyl (C=O) groups is 3. The number of carbonyl (C=O) groups excluding carboxylic acids is 2. The molecular formula is C14H20O7. The van der Waals surface area contributed by atoms with Crippen LogP contribution in [0.2, 0.25) is 0 Å². The summed E-state index contributed by atoms with van der Waals surface area (Å²) < 4.78 is 15.1. The van der Waals surface area contributed by atoms with Gasteiger partial charge in [0.15, 0.2) is 0 Å². The molecule has 1 aliphatic carbocycles. The second-order valence-corrected chi connectivity index (χ2v) is 4.72. The van der Waals surface area contributed by atoms with Crippen LogP contribution < -0.4 is 0 Å². The number of esters is 2. The van der Waals surface area contributed by atoms with Gasteiger partial charge in [0.1, 0.15) is 6.10 Å². The van der Waals surface area contributed by atoms with Crippen molar-refractivity contribution in [3.63, 3.8) is 0 Å². The van der Waals surface area contributed by atoms with Crippen molar-refractivity contribution < 1.29 is 33.7 Å². The Bertz CT molecular complexity index is 396. The zero-order chi connectivity index (χ0) is 15.7. The van der Waals surface area contributed by atoms with Crippen LogP contribution in [-0.2, 0) is 28.6 Å². The average molecular weight is 300 g/mol. The molecule has 0 spiro atoms. The van der Waals surface area contributed by atoms with E-state index >= 15 is 0 Å². The number of rotatable bonds is 8. The zero-order valence-corrected chi connectivity index (χ0v) is 11.9. The van der Waals surface area contributed by atoms with Crippen LogP contribution in [0.1, 0.15) is 32.1 Å². The molecule has 0 radical (unpaired) electrons. The third kappa shape index (κ3) is 6.89. The Kier molecular flexibility index (Phi) is 7.45. The molecule has 0 amide bonds. The summed E-state index contributed by atoms with van der Waals surface area (Å²) in [5, 5.41) is 8.43. The van der Waals surface area contributed by atoms with E-state index in [4.69, 9.17) is 19.3 Å². The molecule has 21 heavy (non-hydrogen) atoms. The van der Waals surface area contributed by atoms with E-state index in [0.717, 1.165) is 31.8 Å². The normalized spacial score (nSPS) is 16.8. The lowest BCUT2D eigenvalue weighted by molar-refractivity contribution is -0.170. The Balaban J connectivity index is 2.54. The predicted molar refractivity (Wildman–Crippen MR) is 71.5 cm³/mol. The third-order valence-corrected chi connectivity index (χ3v) is 3.05. The van der Waals surface area contributed by atoms with Crippen molar-refractivity contribution in [2.75, 3.05) is 13.7 Å². The van der Waals surface area contributed by atoms with Crippen LogP contribution in [0.3, 0.4) is 0 Å². The van der Waals surface area contributed by atoms with Gasteiger partial charge in [-0.2, -0.15) is 0 Å². The predicted octanol–water partition coefficient (Wildman–Crippen LogP) is 1.06. The maximum atomic E-state index is 12.0. The molecule has 0 bridgehead atoms. The second-order valence-electron chi connectivity index (χ2n) is 4.72. The highest BCUT2D eigenvalue weighted by atomic mass is 16.6. The molecular weight excluding hydrogens is 280 g/mol. The van der Waals surface area contributed by atoms with E-state index in [9.17, 15) is 14.4 Å². The van der Waals surface area contributed by atoms with Gasteiger partial charge >= 0.3 is 17.9 Å². The van der Waals surface area contributed by atoms with Crippen LogP contribution in [0.4, 0.5) is 0 Å². The molecule has 1 N–H and O–H groups in total. The fourth-order valence-corrected chi connectivity index (χ4v) is 2.01. The van der Waals surface area contributed by atoms with Gasteiger partial charge in [0.05, 0.1) is 6.61 Å². The number of ether oxygens (including phenoxy) is 3. The summed E-state index contributed by atoms with van der Waals surface area (Å²) in [6.45, 7) is 0.223. The van der Waals surface area contributed by atoms with Gasteiger partial charge < -0.3 is 19.3 Å². The maximum absolute atomic E-state index is 12.0.